The second-order valence-corrected chi connectivity index (χ2v) is 8.75. The molecule has 0 fully saturated rings. The third-order valence-corrected chi connectivity index (χ3v) is 6.78. The van der Waals surface area contributed by atoms with Crippen LogP contribution < -0.4 is 15.5 Å². The van der Waals surface area contributed by atoms with E-state index in [4.69, 9.17) is 0 Å². The Morgan fingerprint density at radius 1 is 1.16 bits per heavy atom. The van der Waals surface area contributed by atoms with Gasteiger partial charge >= 0.3 is 11.8 Å². The van der Waals surface area contributed by atoms with E-state index in [9.17, 15) is 19.5 Å². The highest BCUT2D eigenvalue weighted by molar-refractivity contribution is 7.17. The van der Waals surface area contributed by atoms with Crippen molar-refractivity contribution in [1.29, 1.82) is 0 Å². The zero-order chi connectivity index (χ0) is 21.5. The van der Waals surface area contributed by atoms with Crippen LogP contribution in [0.4, 0.5) is 11.4 Å². The summed E-state index contributed by atoms with van der Waals surface area (Å²) in [6.07, 6.45) is 1.13. The maximum atomic E-state index is 12.4. The minimum Gasteiger partial charge on any atom is -0.387 e. The highest BCUT2D eigenvalue weighted by Crippen LogP contribution is 2.38. The molecule has 8 heteroatoms. The van der Waals surface area contributed by atoms with Crippen molar-refractivity contribution in [2.75, 3.05) is 23.3 Å². The molecule has 0 bridgehead atoms. The summed E-state index contributed by atoms with van der Waals surface area (Å²) >= 11 is 1.52. The third kappa shape index (κ3) is 3.58. The number of aliphatic hydroxyl groups is 1. The van der Waals surface area contributed by atoms with Gasteiger partial charge in [-0.2, -0.15) is 0 Å². The molecule has 7 nitrogen and oxygen atoms in total. The molecule has 5 rings (SSSR count). The number of thiophene rings is 1. The van der Waals surface area contributed by atoms with Gasteiger partial charge in [0.15, 0.2) is 0 Å². The molecule has 3 N–H and O–H groups in total. The molecule has 2 aliphatic heterocycles. The molecule has 2 aliphatic rings. The maximum Gasteiger partial charge on any atom is 0.313 e. The van der Waals surface area contributed by atoms with Gasteiger partial charge in [-0.1, -0.05) is 18.2 Å². The molecule has 0 radical (unpaired) electrons. The molecule has 1 unspecified atom stereocenters. The first-order chi connectivity index (χ1) is 15.0. The van der Waals surface area contributed by atoms with E-state index in [2.05, 4.69) is 10.6 Å². The Kier molecular flexibility index (Phi) is 4.95. The van der Waals surface area contributed by atoms with E-state index in [1.54, 1.807) is 6.07 Å². The predicted molar refractivity (Wildman–Crippen MR) is 119 cm³/mol. The van der Waals surface area contributed by atoms with Gasteiger partial charge < -0.3 is 20.6 Å². The minimum atomic E-state index is -0.908. The molecule has 0 saturated heterocycles. The summed E-state index contributed by atoms with van der Waals surface area (Å²) < 4.78 is 1.05. The normalized spacial score (nSPS) is 15.6. The van der Waals surface area contributed by atoms with Crippen LogP contribution in [0.25, 0.3) is 10.1 Å². The number of aliphatic hydroxyl groups excluding tert-OH is 1. The zero-order valence-corrected chi connectivity index (χ0v) is 17.5. The number of amides is 3. The van der Waals surface area contributed by atoms with E-state index >= 15 is 0 Å². The van der Waals surface area contributed by atoms with Gasteiger partial charge in [-0.05, 0) is 52.9 Å². The van der Waals surface area contributed by atoms with E-state index in [1.807, 2.05) is 40.6 Å². The van der Waals surface area contributed by atoms with Crippen molar-refractivity contribution in [3.05, 3.63) is 58.5 Å². The lowest BCUT2D eigenvalue weighted by atomic mass is 9.99. The number of aryl methyl sites for hydroxylation is 1. The average Bonchev–Trinajstić information content (AvgIpc) is 3.34. The van der Waals surface area contributed by atoms with Gasteiger partial charge in [0.25, 0.3) is 0 Å². The number of nitrogens with one attached hydrogen (secondary N) is 2. The first kappa shape index (κ1) is 19.7. The maximum absolute atomic E-state index is 12.4. The Hall–Kier alpha value is -3.23. The van der Waals surface area contributed by atoms with Crippen LogP contribution in [0, 0.1) is 0 Å². The monoisotopic (exact) mass is 435 g/mol. The number of nitrogens with zero attached hydrogens (tertiary/aromatic N) is 1. The molecule has 158 valence electrons. The predicted octanol–water partition coefficient (Wildman–Crippen LogP) is 2.52. The van der Waals surface area contributed by atoms with Crippen molar-refractivity contribution in [1.82, 2.24) is 5.32 Å². The second-order valence-electron chi connectivity index (χ2n) is 7.84. The molecule has 3 aromatic rings. The van der Waals surface area contributed by atoms with Gasteiger partial charge in [0, 0.05) is 29.0 Å². The third-order valence-electron chi connectivity index (χ3n) is 5.80. The minimum absolute atomic E-state index is 0.0636. The number of carbonyl (C=O) groups excluding carboxylic acids is 3. The highest BCUT2D eigenvalue weighted by atomic mass is 32.1. The Balaban J connectivity index is 1.24. The van der Waals surface area contributed by atoms with Crippen LogP contribution in [0.3, 0.4) is 0 Å². The van der Waals surface area contributed by atoms with Crippen LogP contribution in [0.15, 0.2) is 41.8 Å². The van der Waals surface area contributed by atoms with Crippen LogP contribution in [0.2, 0.25) is 0 Å². The van der Waals surface area contributed by atoms with Gasteiger partial charge in [0.05, 0.1) is 18.2 Å². The van der Waals surface area contributed by atoms with E-state index in [-0.39, 0.29) is 12.5 Å². The fraction of sp³-hybridized carbons (Fsp3) is 0.261. The van der Waals surface area contributed by atoms with E-state index in [0.29, 0.717) is 12.1 Å². The summed E-state index contributed by atoms with van der Waals surface area (Å²) in [7, 11) is 0. The fourth-order valence-electron chi connectivity index (χ4n) is 4.38. The van der Waals surface area contributed by atoms with Crippen LogP contribution in [-0.2, 0) is 27.2 Å². The average molecular weight is 436 g/mol. The van der Waals surface area contributed by atoms with E-state index in [0.717, 1.165) is 51.9 Å². The Morgan fingerprint density at radius 3 is 2.84 bits per heavy atom. The molecule has 31 heavy (non-hydrogen) atoms. The summed E-state index contributed by atoms with van der Waals surface area (Å²) in [5, 5.41) is 18.4. The van der Waals surface area contributed by atoms with Gasteiger partial charge in [-0.3, -0.25) is 14.4 Å². The molecule has 3 amide bonds. The molecule has 1 atom stereocenters. The molecule has 0 aliphatic carbocycles. The van der Waals surface area contributed by atoms with Crippen LogP contribution in [-0.4, -0.2) is 35.9 Å². The summed E-state index contributed by atoms with van der Waals surface area (Å²) in [4.78, 5) is 38.7. The Morgan fingerprint density at radius 2 is 1.97 bits per heavy atom. The van der Waals surface area contributed by atoms with Crippen molar-refractivity contribution < 1.29 is 19.5 Å². The van der Waals surface area contributed by atoms with Crippen molar-refractivity contribution >= 4 is 50.5 Å². The summed E-state index contributed by atoms with van der Waals surface area (Å²) in [5.74, 6) is -1.54. The standard InChI is InChI=1S/C23H21N3O4S/c27-18(17-12-31-19-6-2-1-5-16(17)19)11-24-22(29)23(30)25-15-8-13-4-3-7-26-20(28)10-14(9-15)21(13)26/h1-2,5-6,8-9,12,18,27H,3-4,7,10-11H2,(H,24,29)(H,25,30). The lowest BCUT2D eigenvalue weighted by molar-refractivity contribution is -0.136. The van der Waals surface area contributed by atoms with Crippen molar-refractivity contribution in [2.45, 2.75) is 25.4 Å². The fourth-order valence-corrected chi connectivity index (χ4v) is 5.38. The molecule has 2 aromatic carbocycles. The SMILES string of the molecule is O=C(NCC(O)c1csc2ccccc12)C(=O)Nc1cc2c3c(c1)CC(=O)N3CCC2. The number of hydrogen-bond donors (Lipinski definition) is 3. The number of benzene rings is 2. The smallest absolute Gasteiger partial charge is 0.313 e. The first-order valence-corrected chi connectivity index (χ1v) is 11.1. The molecule has 0 spiro atoms. The molecule has 3 heterocycles. The van der Waals surface area contributed by atoms with Gasteiger partial charge in [0.1, 0.15) is 0 Å². The van der Waals surface area contributed by atoms with E-state index in [1.165, 1.54) is 11.3 Å². The van der Waals surface area contributed by atoms with Crippen LogP contribution >= 0.6 is 11.3 Å². The molecular weight excluding hydrogens is 414 g/mol. The number of fused-ring (bicyclic) bond motifs is 1. The van der Waals surface area contributed by atoms with Gasteiger partial charge in [-0.15, -0.1) is 11.3 Å². The lowest BCUT2D eigenvalue weighted by Gasteiger charge is -2.26. The van der Waals surface area contributed by atoms with Gasteiger partial charge in [0.2, 0.25) is 5.91 Å². The molecule has 0 saturated carbocycles. The van der Waals surface area contributed by atoms with Crippen molar-refractivity contribution in [3.8, 4) is 0 Å². The topological polar surface area (TPSA) is 98.7 Å². The Bertz CT molecular complexity index is 1220. The lowest BCUT2D eigenvalue weighted by Crippen LogP contribution is -2.37. The van der Waals surface area contributed by atoms with Crippen molar-refractivity contribution in [2.24, 2.45) is 0 Å². The summed E-state index contributed by atoms with van der Waals surface area (Å²) in [5.41, 5.74) is 4.11. The highest BCUT2D eigenvalue weighted by Gasteiger charge is 2.32. The van der Waals surface area contributed by atoms with E-state index < -0.39 is 17.9 Å². The molecule has 1 aromatic heterocycles. The second kappa shape index (κ2) is 7.79. The molecular formula is C23H21N3O4S. The zero-order valence-electron chi connectivity index (χ0n) is 16.7. The summed E-state index contributed by atoms with van der Waals surface area (Å²) in [6, 6.07) is 11.3. The first-order valence-electron chi connectivity index (χ1n) is 10.2. The quantitative estimate of drug-likeness (QED) is 0.549. The van der Waals surface area contributed by atoms with Crippen LogP contribution in [0.1, 0.15) is 29.2 Å². The van der Waals surface area contributed by atoms with Crippen molar-refractivity contribution in [3.63, 3.8) is 0 Å². The number of carbonyl (C=O) groups is 3. The number of rotatable bonds is 4. The number of hydrogen-bond acceptors (Lipinski definition) is 5. The largest absolute Gasteiger partial charge is 0.387 e. The Labute approximate surface area is 182 Å². The van der Waals surface area contributed by atoms with Crippen LogP contribution in [0.5, 0.6) is 0 Å². The number of anilines is 2. The summed E-state index contributed by atoms with van der Waals surface area (Å²) in [6.45, 7) is 0.667. The van der Waals surface area contributed by atoms with Gasteiger partial charge in [-0.25, -0.2) is 0 Å².